The van der Waals surface area contributed by atoms with E-state index in [2.05, 4.69) is 16.7 Å². The highest BCUT2D eigenvalue weighted by molar-refractivity contribution is 5.90. The van der Waals surface area contributed by atoms with Crippen LogP contribution in [0.2, 0.25) is 0 Å². The van der Waals surface area contributed by atoms with Gasteiger partial charge in [-0.2, -0.15) is 4.89 Å². The van der Waals surface area contributed by atoms with Crippen molar-refractivity contribution >= 4 is 5.97 Å². The van der Waals surface area contributed by atoms with Crippen LogP contribution in [-0.4, -0.2) is 27.3 Å². The zero-order valence-electron chi connectivity index (χ0n) is 11.8. The van der Waals surface area contributed by atoms with Gasteiger partial charge in [0.25, 0.3) is 0 Å². The van der Waals surface area contributed by atoms with Gasteiger partial charge in [0.2, 0.25) is 5.75 Å². The zero-order valence-corrected chi connectivity index (χ0v) is 11.8. The standard InChI is InChI=1S/C14H18O6/c1-5-6-7-19-20-14(15)10-8-11(16-2)13(18-4)12(9-10)17-3/h7-9H,1,5-6H2,2-4H3. The van der Waals surface area contributed by atoms with Crippen molar-refractivity contribution in [1.82, 2.24) is 0 Å². The van der Waals surface area contributed by atoms with E-state index in [1.807, 2.05) is 0 Å². The molecule has 0 aliphatic carbocycles. The highest BCUT2D eigenvalue weighted by Gasteiger charge is 2.18. The fourth-order valence-corrected chi connectivity index (χ4v) is 1.46. The molecule has 0 N–H and O–H groups in total. The van der Waals surface area contributed by atoms with Gasteiger partial charge in [-0.05, 0) is 18.6 Å². The maximum absolute atomic E-state index is 11.8. The highest BCUT2D eigenvalue weighted by atomic mass is 17.2. The van der Waals surface area contributed by atoms with E-state index in [9.17, 15) is 4.79 Å². The van der Waals surface area contributed by atoms with E-state index >= 15 is 0 Å². The molecule has 0 fully saturated rings. The molecule has 20 heavy (non-hydrogen) atoms. The lowest BCUT2D eigenvalue weighted by atomic mass is 10.2. The topological polar surface area (TPSA) is 63.2 Å². The molecule has 0 aliphatic heterocycles. The minimum absolute atomic E-state index is 0.225. The van der Waals surface area contributed by atoms with Crippen molar-refractivity contribution in [2.45, 2.75) is 12.8 Å². The second kappa shape index (κ2) is 8.27. The van der Waals surface area contributed by atoms with Crippen molar-refractivity contribution in [1.29, 1.82) is 0 Å². The molecule has 0 spiro atoms. The Morgan fingerprint density at radius 1 is 1.15 bits per heavy atom. The molecule has 0 saturated carbocycles. The summed E-state index contributed by atoms with van der Waals surface area (Å²) in [6.45, 7) is 4.99. The number of benzene rings is 1. The van der Waals surface area contributed by atoms with E-state index in [1.165, 1.54) is 40.1 Å². The van der Waals surface area contributed by atoms with Crippen molar-refractivity contribution in [3.8, 4) is 17.2 Å². The summed E-state index contributed by atoms with van der Waals surface area (Å²) in [5.74, 6) is 0.460. The van der Waals surface area contributed by atoms with Gasteiger partial charge in [-0.1, -0.05) is 13.3 Å². The van der Waals surface area contributed by atoms with Crippen molar-refractivity contribution in [2.75, 3.05) is 21.3 Å². The van der Waals surface area contributed by atoms with Gasteiger partial charge in [0.15, 0.2) is 11.5 Å². The van der Waals surface area contributed by atoms with E-state index in [0.29, 0.717) is 30.1 Å². The Morgan fingerprint density at radius 3 is 2.20 bits per heavy atom. The molecule has 6 heteroatoms. The van der Waals surface area contributed by atoms with Crippen LogP contribution in [-0.2, 0) is 9.78 Å². The first-order valence-electron chi connectivity index (χ1n) is 5.96. The lowest BCUT2D eigenvalue weighted by molar-refractivity contribution is -0.213. The van der Waals surface area contributed by atoms with Crippen LogP contribution < -0.4 is 14.2 Å². The van der Waals surface area contributed by atoms with E-state index in [1.54, 1.807) is 0 Å². The van der Waals surface area contributed by atoms with Crippen LogP contribution in [0.5, 0.6) is 17.2 Å². The third kappa shape index (κ3) is 4.03. The maximum Gasteiger partial charge on any atom is 0.373 e. The van der Waals surface area contributed by atoms with Crippen LogP contribution in [0.3, 0.4) is 0 Å². The molecule has 1 rings (SSSR count). The molecule has 0 atom stereocenters. The molecule has 0 aromatic heterocycles. The first kappa shape index (κ1) is 16.1. The number of hydrogen-bond acceptors (Lipinski definition) is 6. The summed E-state index contributed by atoms with van der Waals surface area (Å²) in [4.78, 5) is 21.1. The summed E-state index contributed by atoms with van der Waals surface area (Å²) in [6, 6.07) is 2.96. The molecular weight excluding hydrogens is 264 g/mol. The van der Waals surface area contributed by atoms with Crippen LogP contribution in [0.25, 0.3) is 0 Å². The largest absolute Gasteiger partial charge is 0.493 e. The van der Waals surface area contributed by atoms with Crippen molar-refractivity contribution in [3.63, 3.8) is 0 Å². The SMILES string of the molecule is [CH2]CC[CH]OOC(=O)c1cc(OC)c(OC)c(OC)c1. The van der Waals surface area contributed by atoms with Gasteiger partial charge < -0.3 is 14.2 Å². The Morgan fingerprint density at radius 2 is 1.75 bits per heavy atom. The molecule has 1 aromatic carbocycles. The average Bonchev–Trinajstić information content (AvgIpc) is 2.49. The van der Waals surface area contributed by atoms with Crippen LogP contribution >= 0.6 is 0 Å². The summed E-state index contributed by atoms with van der Waals surface area (Å²) in [6.07, 6.45) is 1.24. The van der Waals surface area contributed by atoms with Crippen LogP contribution in [0.1, 0.15) is 23.2 Å². The number of carbonyl (C=O) groups excluding carboxylic acids is 1. The summed E-state index contributed by atoms with van der Waals surface area (Å²) in [5.41, 5.74) is 0.225. The molecule has 2 radical (unpaired) electrons. The molecule has 0 bridgehead atoms. The smallest absolute Gasteiger partial charge is 0.373 e. The zero-order chi connectivity index (χ0) is 15.0. The van der Waals surface area contributed by atoms with Gasteiger partial charge in [-0.15, -0.1) is 0 Å². The molecule has 1 aromatic rings. The molecule has 0 aliphatic rings. The minimum atomic E-state index is -0.662. The quantitative estimate of drug-likeness (QED) is 0.415. The van der Waals surface area contributed by atoms with Crippen molar-refractivity contribution in [3.05, 3.63) is 31.2 Å². The Labute approximate surface area is 118 Å². The number of rotatable bonds is 8. The summed E-state index contributed by atoms with van der Waals surface area (Å²) in [7, 11) is 4.41. The van der Waals surface area contributed by atoms with Gasteiger partial charge in [-0.25, -0.2) is 4.79 Å². The average molecular weight is 282 g/mol. The third-order valence-electron chi connectivity index (χ3n) is 2.41. The molecule has 0 amide bonds. The first-order valence-corrected chi connectivity index (χ1v) is 5.96. The van der Waals surface area contributed by atoms with E-state index in [4.69, 9.17) is 14.2 Å². The predicted octanol–water partition coefficient (Wildman–Crippen LogP) is 2.58. The van der Waals surface area contributed by atoms with Gasteiger partial charge in [0, 0.05) is 0 Å². The normalized spacial score (nSPS) is 10.0. The van der Waals surface area contributed by atoms with Crippen LogP contribution in [0.15, 0.2) is 12.1 Å². The van der Waals surface area contributed by atoms with Gasteiger partial charge in [-0.3, -0.25) is 4.89 Å². The number of ether oxygens (including phenoxy) is 3. The fourth-order valence-electron chi connectivity index (χ4n) is 1.46. The molecule has 110 valence electrons. The number of hydrogen-bond donors (Lipinski definition) is 0. The second-order valence-electron chi connectivity index (χ2n) is 3.69. The van der Waals surface area contributed by atoms with E-state index < -0.39 is 5.97 Å². The lowest BCUT2D eigenvalue weighted by Gasteiger charge is -2.13. The van der Waals surface area contributed by atoms with Gasteiger partial charge in [0.05, 0.1) is 26.9 Å². The van der Waals surface area contributed by atoms with Crippen molar-refractivity contribution in [2.24, 2.45) is 0 Å². The van der Waals surface area contributed by atoms with Gasteiger partial charge >= 0.3 is 5.97 Å². The summed E-state index contributed by atoms with van der Waals surface area (Å²) < 4.78 is 15.4. The Hall–Kier alpha value is -1.95. The minimum Gasteiger partial charge on any atom is -0.493 e. The fraction of sp³-hybridized carbons (Fsp3) is 0.357. The number of methoxy groups -OCH3 is 3. The Kier molecular flexibility index (Phi) is 6.66. The van der Waals surface area contributed by atoms with Gasteiger partial charge in [0.1, 0.15) is 6.61 Å². The monoisotopic (exact) mass is 282 g/mol. The number of unbranched alkanes of at least 4 members (excludes halogenated alkanes) is 1. The molecule has 0 saturated heterocycles. The van der Waals surface area contributed by atoms with Crippen LogP contribution in [0, 0.1) is 13.5 Å². The predicted molar refractivity (Wildman–Crippen MR) is 71.5 cm³/mol. The Bertz CT molecular complexity index is 418. The lowest BCUT2D eigenvalue weighted by Crippen LogP contribution is -2.06. The van der Waals surface area contributed by atoms with Crippen LogP contribution in [0.4, 0.5) is 0 Å². The second-order valence-corrected chi connectivity index (χ2v) is 3.69. The Balaban J connectivity index is 2.86. The maximum atomic E-state index is 11.8. The molecule has 0 heterocycles. The van der Waals surface area contributed by atoms with E-state index in [-0.39, 0.29) is 5.56 Å². The highest BCUT2D eigenvalue weighted by Crippen LogP contribution is 2.38. The van der Waals surface area contributed by atoms with Crippen molar-refractivity contribution < 1.29 is 28.8 Å². The molecule has 6 nitrogen and oxygen atoms in total. The first-order chi connectivity index (χ1) is 9.67. The molecule has 0 unspecified atom stereocenters. The summed E-state index contributed by atoms with van der Waals surface area (Å²) in [5, 5.41) is 0. The number of carbonyl (C=O) groups is 1. The van der Waals surface area contributed by atoms with E-state index in [0.717, 1.165) is 0 Å². The molecular formula is C14H18O6. The summed E-state index contributed by atoms with van der Waals surface area (Å²) >= 11 is 0. The third-order valence-corrected chi connectivity index (χ3v) is 2.41.